The molecule has 0 spiro atoms. The van der Waals surface area contributed by atoms with Crippen molar-refractivity contribution in [1.82, 2.24) is 0 Å². The van der Waals surface area contributed by atoms with E-state index in [9.17, 15) is 14.4 Å². The first-order valence-electron chi connectivity index (χ1n) is 23.0. The van der Waals surface area contributed by atoms with Crippen LogP contribution in [0.5, 0.6) is 0 Å². The molecule has 0 saturated carbocycles. The van der Waals surface area contributed by atoms with E-state index in [1.165, 1.54) is 25.7 Å². The molecule has 0 amide bonds. The molecule has 0 fully saturated rings. The summed E-state index contributed by atoms with van der Waals surface area (Å²) >= 11 is 0. The Labute approximate surface area is 361 Å². The van der Waals surface area contributed by atoms with E-state index in [2.05, 4.69) is 118 Å². The number of esters is 3. The standard InChI is InChI=1S/C53H82O6/c1-4-7-10-13-16-19-22-25-26-29-31-34-37-40-43-46-52(55)58-49-50(59-53(56)47-44-41-38-35-32-28-24-21-18-15-12-9-6-3)48-57-51(54)45-42-39-36-33-30-27-23-20-17-14-11-8-5-2/h8-9,11-12,16-21,25-28,30,32,36,38-39,41,50H,4-7,10,13-15,22-24,29,31,33-35,37,40,42-49H2,1-3H3/b11-8-,12-9-,19-16-,20-17-,21-18-,26-25-,30-27-,32-28-,39-36-,41-38-. The third-order valence-corrected chi connectivity index (χ3v) is 8.96. The van der Waals surface area contributed by atoms with Crippen molar-refractivity contribution < 1.29 is 28.6 Å². The molecule has 0 radical (unpaired) electrons. The number of carbonyl (C=O) groups is 3. The van der Waals surface area contributed by atoms with Gasteiger partial charge in [0.2, 0.25) is 0 Å². The number of hydrogen-bond acceptors (Lipinski definition) is 6. The average Bonchev–Trinajstić information content (AvgIpc) is 3.23. The van der Waals surface area contributed by atoms with Gasteiger partial charge < -0.3 is 14.2 Å². The van der Waals surface area contributed by atoms with Crippen molar-refractivity contribution in [3.05, 3.63) is 122 Å². The number of ether oxygens (including phenoxy) is 3. The van der Waals surface area contributed by atoms with Crippen LogP contribution in [0, 0.1) is 0 Å². The van der Waals surface area contributed by atoms with Crippen molar-refractivity contribution >= 4 is 17.9 Å². The molecule has 0 aliphatic rings. The fraction of sp³-hybridized carbons (Fsp3) is 0.566. The van der Waals surface area contributed by atoms with Gasteiger partial charge in [-0.1, -0.05) is 174 Å². The maximum Gasteiger partial charge on any atom is 0.306 e. The summed E-state index contributed by atoms with van der Waals surface area (Å²) in [7, 11) is 0. The van der Waals surface area contributed by atoms with Gasteiger partial charge in [-0.3, -0.25) is 14.4 Å². The molecule has 0 heterocycles. The number of rotatable bonds is 39. The fourth-order valence-corrected chi connectivity index (χ4v) is 5.56. The van der Waals surface area contributed by atoms with E-state index >= 15 is 0 Å². The van der Waals surface area contributed by atoms with Gasteiger partial charge >= 0.3 is 17.9 Å². The molecule has 0 aliphatic carbocycles. The van der Waals surface area contributed by atoms with E-state index in [0.29, 0.717) is 19.3 Å². The maximum absolute atomic E-state index is 12.7. The SMILES string of the molecule is CC/C=C\C/C=C\C/C=C\C/C=C\CCC(=O)OCC(COC(=O)CCCCCCC/C=C\C/C=C\CCCCC)OC(=O)CC/C=C\C/C=C\C/C=C\C/C=C\CC. The minimum absolute atomic E-state index is 0.140. The van der Waals surface area contributed by atoms with E-state index in [4.69, 9.17) is 14.2 Å². The van der Waals surface area contributed by atoms with Crippen LogP contribution in [0.2, 0.25) is 0 Å². The van der Waals surface area contributed by atoms with Gasteiger partial charge in [0.1, 0.15) is 13.2 Å². The molecule has 6 nitrogen and oxygen atoms in total. The summed E-state index contributed by atoms with van der Waals surface area (Å²) < 4.78 is 16.6. The van der Waals surface area contributed by atoms with E-state index in [1.807, 2.05) is 24.3 Å². The first-order valence-corrected chi connectivity index (χ1v) is 23.0. The number of unbranched alkanes of at least 4 members (excludes halogenated alkanes) is 8. The Morgan fingerprint density at radius 2 is 0.695 bits per heavy atom. The first kappa shape index (κ1) is 54.8. The molecule has 0 rings (SSSR count). The summed E-state index contributed by atoms with van der Waals surface area (Å²) in [6.07, 6.45) is 63.5. The van der Waals surface area contributed by atoms with Crippen LogP contribution in [-0.2, 0) is 28.6 Å². The fourth-order valence-electron chi connectivity index (χ4n) is 5.56. The second-order valence-electron chi connectivity index (χ2n) is 14.5. The lowest BCUT2D eigenvalue weighted by molar-refractivity contribution is -0.166. The Balaban J connectivity index is 4.62. The van der Waals surface area contributed by atoms with Gasteiger partial charge in [-0.2, -0.15) is 0 Å². The predicted molar refractivity (Wildman–Crippen MR) is 251 cm³/mol. The summed E-state index contributed by atoms with van der Waals surface area (Å²) in [6.45, 7) is 6.20. The maximum atomic E-state index is 12.7. The molecule has 0 saturated heterocycles. The summed E-state index contributed by atoms with van der Waals surface area (Å²) in [6, 6.07) is 0. The quantitative estimate of drug-likeness (QED) is 0.0266. The van der Waals surface area contributed by atoms with Crippen molar-refractivity contribution in [2.24, 2.45) is 0 Å². The van der Waals surface area contributed by atoms with Crippen molar-refractivity contribution in [3.8, 4) is 0 Å². The molecule has 0 aromatic heterocycles. The van der Waals surface area contributed by atoms with Crippen LogP contribution >= 0.6 is 0 Å². The van der Waals surface area contributed by atoms with E-state index in [-0.39, 0.29) is 38.0 Å². The predicted octanol–water partition coefficient (Wildman–Crippen LogP) is 15.0. The van der Waals surface area contributed by atoms with E-state index in [1.54, 1.807) is 0 Å². The summed E-state index contributed by atoms with van der Waals surface area (Å²) in [4.78, 5) is 37.7. The van der Waals surface area contributed by atoms with E-state index < -0.39 is 12.1 Å². The molecule has 330 valence electrons. The lowest BCUT2D eigenvalue weighted by atomic mass is 10.1. The van der Waals surface area contributed by atoms with Crippen LogP contribution in [0.1, 0.15) is 175 Å². The van der Waals surface area contributed by atoms with E-state index in [0.717, 1.165) is 96.3 Å². The topological polar surface area (TPSA) is 78.9 Å². The van der Waals surface area contributed by atoms with Crippen LogP contribution in [0.3, 0.4) is 0 Å². The molecular formula is C53H82O6. The lowest BCUT2D eigenvalue weighted by Gasteiger charge is -2.18. The zero-order chi connectivity index (χ0) is 43.0. The molecule has 0 aromatic carbocycles. The monoisotopic (exact) mass is 815 g/mol. The summed E-state index contributed by atoms with van der Waals surface area (Å²) in [5.74, 6) is -1.13. The van der Waals surface area contributed by atoms with Crippen LogP contribution in [0.4, 0.5) is 0 Å². The van der Waals surface area contributed by atoms with Crippen molar-refractivity contribution in [2.75, 3.05) is 13.2 Å². The van der Waals surface area contributed by atoms with Gasteiger partial charge in [0.15, 0.2) is 6.10 Å². The largest absolute Gasteiger partial charge is 0.462 e. The Morgan fingerprint density at radius 1 is 0.356 bits per heavy atom. The molecule has 0 aliphatic heterocycles. The second-order valence-corrected chi connectivity index (χ2v) is 14.5. The summed E-state index contributed by atoms with van der Waals surface area (Å²) in [5, 5.41) is 0. The second kappa shape index (κ2) is 46.5. The molecule has 59 heavy (non-hydrogen) atoms. The molecule has 1 atom stereocenters. The minimum Gasteiger partial charge on any atom is -0.462 e. The number of allylic oxidation sites excluding steroid dienone is 20. The Kier molecular flexibility index (Phi) is 43.2. The highest BCUT2D eigenvalue weighted by Crippen LogP contribution is 2.10. The Morgan fingerprint density at radius 3 is 1.14 bits per heavy atom. The highest BCUT2D eigenvalue weighted by atomic mass is 16.6. The van der Waals surface area contributed by atoms with Gasteiger partial charge in [-0.25, -0.2) is 0 Å². The van der Waals surface area contributed by atoms with Crippen molar-refractivity contribution in [2.45, 2.75) is 181 Å². The van der Waals surface area contributed by atoms with Gasteiger partial charge in [0.05, 0.1) is 0 Å². The van der Waals surface area contributed by atoms with Gasteiger partial charge in [-0.15, -0.1) is 0 Å². The van der Waals surface area contributed by atoms with Crippen molar-refractivity contribution in [3.63, 3.8) is 0 Å². The third-order valence-electron chi connectivity index (χ3n) is 8.96. The summed E-state index contributed by atoms with van der Waals surface area (Å²) in [5.41, 5.74) is 0. The van der Waals surface area contributed by atoms with Crippen molar-refractivity contribution in [1.29, 1.82) is 0 Å². The molecule has 0 bridgehead atoms. The number of hydrogen-bond donors (Lipinski definition) is 0. The van der Waals surface area contributed by atoms with Gasteiger partial charge in [-0.05, 0) is 103 Å². The van der Waals surface area contributed by atoms with Crippen LogP contribution in [0.25, 0.3) is 0 Å². The Hall–Kier alpha value is -4.19. The first-order chi connectivity index (χ1) is 29.0. The molecule has 6 heteroatoms. The molecule has 1 unspecified atom stereocenters. The third kappa shape index (κ3) is 44.8. The highest BCUT2D eigenvalue weighted by molar-refractivity contribution is 5.71. The van der Waals surface area contributed by atoms with Crippen LogP contribution < -0.4 is 0 Å². The van der Waals surface area contributed by atoms with Gasteiger partial charge in [0.25, 0.3) is 0 Å². The van der Waals surface area contributed by atoms with Gasteiger partial charge in [0, 0.05) is 19.3 Å². The minimum atomic E-state index is -0.852. The average molecular weight is 815 g/mol. The normalized spacial score (nSPS) is 13.2. The van der Waals surface area contributed by atoms with Crippen LogP contribution in [0.15, 0.2) is 122 Å². The highest BCUT2D eigenvalue weighted by Gasteiger charge is 2.19. The zero-order valence-corrected chi connectivity index (χ0v) is 37.5. The lowest BCUT2D eigenvalue weighted by Crippen LogP contribution is -2.30. The number of carbonyl (C=O) groups excluding carboxylic acids is 3. The molecular weight excluding hydrogens is 733 g/mol. The smallest absolute Gasteiger partial charge is 0.306 e. The molecule has 0 N–H and O–H groups in total. The zero-order valence-electron chi connectivity index (χ0n) is 37.5. The molecule has 0 aromatic rings. The Bertz CT molecular complexity index is 1300. The van der Waals surface area contributed by atoms with Crippen LogP contribution in [-0.4, -0.2) is 37.2 Å².